The van der Waals surface area contributed by atoms with Crippen molar-refractivity contribution in [2.45, 2.75) is 58.6 Å². The maximum absolute atomic E-state index is 13.7. The van der Waals surface area contributed by atoms with Crippen LogP contribution in [0.3, 0.4) is 0 Å². The van der Waals surface area contributed by atoms with E-state index in [4.69, 9.17) is 11.2 Å². The van der Waals surface area contributed by atoms with Crippen molar-refractivity contribution >= 4 is 40.3 Å². The Morgan fingerprint density at radius 2 is 1.71 bits per heavy atom. The molecule has 0 bridgehead atoms. The zero-order valence-electron chi connectivity index (χ0n) is 26.3. The van der Waals surface area contributed by atoms with Crippen molar-refractivity contribution in [1.29, 1.82) is 0 Å². The molecule has 4 amide bonds. The molecule has 0 aliphatic carbocycles. The van der Waals surface area contributed by atoms with Crippen molar-refractivity contribution < 1.29 is 23.9 Å². The smallest absolute Gasteiger partial charge is 0.410 e. The maximum atomic E-state index is 13.7. The van der Waals surface area contributed by atoms with Gasteiger partial charge in [0.2, 0.25) is 5.91 Å². The van der Waals surface area contributed by atoms with E-state index in [1.54, 1.807) is 11.0 Å². The zero-order valence-corrected chi connectivity index (χ0v) is 26.3. The molecule has 10 nitrogen and oxygen atoms in total. The van der Waals surface area contributed by atoms with Gasteiger partial charge in [-0.05, 0) is 86.6 Å². The third-order valence-corrected chi connectivity index (χ3v) is 7.55. The van der Waals surface area contributed by atoms with E-state index >= 15 is 0 Å². The number of hydrazine groups is 1. The molecule has 236 valence electrons. The van der Waals surface area contributed by atoms with Gasteiger partial charge in [0.15, 0.2) is 0 Å². The lowest BCUT2D eigenvalue weighted by molar-refractivity contribution is -0.126. The molecule has 1 heterocycles. The summed E-state index contributed by atoms with van der Waals surface area (Å²) in [7, 11) is 0. The number of amides is 4. The van der Waals surface area contributed by atoms with Gasteiger partial charge >= 0.3 is 12.0 Å². The molecule has 0 aromatic heterocycles. The second kappa shape index (κ2) is 14.6. The first-order chi connectivity index (χ1) is 21.4. The summed E-state index contributed by atoms with van der Waals surface area (Å²) in [5, 5.41) is 5.29. The highest BCUT2D eigenvalue weighted by Crippen LogP contribution is 2.27. The summed E-state index contributed by atoms with van der Waals surface area (Å²) >= 11 is 0. The molecule has 0 unspecified atom stereocenters. The summed E-state index contributed by atoms with van der Waals surface area (Å²) in [6.45, 7) is 9.85. The highest BCUT2D eigenvalue weighted by atomic mass is 16.6. The first kappa shape index (κ1) is 32.9. The molecule has 1 aliphatic rings. The fourth-order valence-corrected chi connectivity index (χ4v) is 5.34. The van der Waals surface area contributed by atoms with Crippen LogP contribution in [0.2, 0.25) is 0 Å². The van der Waals surface area contributed by atoms with Gasteiger partial charge in [-0.1, -0.05) is 42.5 Å². The maximum Gasteiger partial charge on any atom is 0.410 e. The van der Waals surface area contributed by atoms with Gasteiger partial charge in [-0.15, -0.1) is 6.42 Å². The number of nitrogens with one attached hydrogen (secondary N) is 3. The van der Waals surface area contributed by atoms with Gasteiger partial charge in [0.05, 0.1) is 6.04 Å². The molecule has 4 rings (SSSR count). The summed E-state index contributed by atoms with van der Waals surface area (Å²) in [6.07, 6.45) is 5.72. The normalized spacial score (nSPS) is 14.1. The second-order valence-corrected chi connectivity index (χ2v) is 12.1. The summed E-state index contributed by atoms with van der Waals surface area (Å²) < 4.78 is 5.57. The standard InChI is InChI=1S/C35H41N5O5/c1-6-31(41)37-38-32(42)18-15-26-23-27(39-19-10-20-40(22-21-39)34(44)45-35(3,4)5)16-17-30(26)33(43)36-24(2)28-14-9-12-25-11-7-8-13-29(25)28/h1,7-9,11-14,16-17,23-24H,10,15,18-22H2,2-5H3,(H,36,43)(H,37,41)(H,38,42)/t24-/m1/s1. The number of hydrogen-bond acceptors (Lipinski definition) is 6. The minimum atomic E-state index is -0.755. The van der Waals surface area contributed by atoms with Gasteiger partial charge in [-0.25, -0.2) is 4.79 Å². The number of carbonyl (C=O) groups excluding carboxylic acids is 4. The van der Waals surface area contributed by atoms with E-state index in [1.165, 1.54) is 0 Å². The van der Waals surface area contributed by atoms with E-state index in [1.807, 2.05) is 88.2 Å². The van der Waals surface area contributed by atoms with E-state index in [9.17, 15) is 19.2 Å². The lowest BCUT2D eigenvalue weighted by Crippen LogP contribution is -2.41. The largest absolute Gasteiger partial charge is 0.444 e. The molecule has 0 spiro atoms. The van der Waals surface area contributed by atoms with Crippen molar-refractivity contribution in [3.8, 4) is 12.3 Å². The number of rotatable bonds is 7. The number of hydrogen-bond donors (Lipinski definition) is 3. The lowest BCUT2D eigenvalue weighted by atomic mass is 9.97. The molecule has 0 saturated carbocycles. The van der Waals surface area contributed by atoms with Crippen molar-refractivity contribution in [2.75, 3.05) is 31.1 Å². The van der Waals surface area contributed by atoms with E-state index in [0.29, 0.717) is 37.3 Å². The van der Waals surface area contributed by atoms with Crippen LogP contribution >= 0.6 is 0 Å². The van der Waals surface area contributed by atoms with Crippen LogP contribution < -0.4 is 21.1 Å². The molecule has 1 saturated heterocycles. The topological polar surface area (TPSA) is 120 Å². The monoisotopic (exact) mass is 611 g/mol. The molecule has 0 radical (unpaired) electrons. The Morgan fingerprint density at radius 3 is 2.47 bits per heavy atom. The second-order valence-electron chi connectivity index (χ2n) is 12.1. The van der Waals surface area contributed by atoms with Crippen LogP contribution in [-0.4, -0.2) is 60.5 Å². The molecule has 10 heteroatoms. The average Bonchev–Trinajstić information content (AvgIpc) is 3.28. The summed E-state index contributed by atoms with van der Waals surface area (Å²) in [4.78, 5) is 54.1. The van der Waals surface area contributed by atoms with E-state index in [-0.39, 0.29) is 30.9 Å². The van der Waals surface area contributed by atoms with Crippen LogP contribution in [0, 0.1) is 12.3 Å². The Balaban J connectivity index is 1.54. The van der Waals surface area contributed by atoms with Gasteiger partial charge in [-0.2, -0.15) is 0 Å². The minimum absolute atomic E-state index is 0.0138. The average molecular weight is 612 g/mol. The fourth-order valence-electron chi connectivity index (χ4n) is 5.34. The van der Waals surface area contributed by atoms with Gasteiger partial charge in [-0.3, -0.25) is 25.2 Å². The SMILES string of the molecule is C#CC(=O)NNC(=O)CCc1cc(N2CCCN(C(=O)OC(C)(C)C)CC2)ccc1C(=O)N[C@H](C)c1cccc2ccccc12. The van der Waals surface area contributed by atoms with Crippen molar-refractivity contribution in [3.05, 3.63) is 77.4 Å². The first-order valence-corrected chi connectivity index (χ1v) is 15.1. The number of aryl methyl sites for hydroxylation is 1. The van der Waals surface area contributed by atoms with Crippen LogP contribution in [0.15, 0.2) is 60.7 Å². The number of terminal acetylenes is 1. The molecule has 3 aromatic carbocycles. The minimum Gasteiger partial charge on any atom is -0.444 e. The van der Waals surface area contributed by atoms with Crippen LogP contribution in [-0.2, 0) is 20.7 Å². The summed E-state index contributed by atoms with van der Waals surface area (Å²) in [6, 6.07) is 19.4. The van der Waals surface area contributed by atoms with E-state index in [0.717, 1.165) is 28.4 Å². The Bertz CT molecular complexity index is 1600. The van der Waals surface area contributed by atoms with Crippen LogP contribution in [0.5, 0.6) is 0 Å². The number of anilines is 1. The molecular formula is C35H41N5O5. The lowest BCUT2D eigenvalue weighted by Gasteiger charge is -2.27. The molecular weight excluding hydrogens is 570 g/mol. The Morgan fingerprint density at radius 1 is 0.956 bits per heavy atom. The van der Waals surface area contributed by atoms with Crippen molar-refractivity contribution in [3.63, 3.8) is 0 Å². The van der Waals surface area contributed by atoms with Gasteiger partial charge in [0, 0.05) is 43.9 Å². The van der Waals surface area contributed by atoms with Crippen molar-refractivity contribution in [2.24, 2.45) is 0 Å². The van der Waals surface area contributed by atoms with E-state index < -0.39 is 17.4 Å². The predicted molar refractivity (Wildman–Crippen MR) is 174 cm³/mol. The quantitative estimate of drug-likeness (QED) is 0.268. The third kappa shape index (κ3) is 8.99. The highest BCUT2D eigenvalue weighted by molar-refractivity contribution is 5.97. The zero-order chi connectivity index (χ0) is 32.6. The van der Waals surface area contributed by atoms with Gasteiger partial charge in [0.25, 0.3) is 5.91 Å². The molecule has 1 fully saturated rings. The highest BCUT2D eigenvalue weighted by Gasteiger charge is 2.25. The number of fused-ring (bicyclic) bond motifs is 1. The van der Waals surface area contributed by atoms with Crippen LogP contribution in [0.1, 0.15) is 68.1 Å². The number of benzene rings is 3. The van der Waals surface area contributed by atoms with Gasteiger partial charge < -0.3 is 19.9 Å². The Labute approximate surface area is 264 Å². The van der Waals surface area contributed by atoms with Crippen LogP contribution in [0.4, 0.5) is 10.5 Å². The number of ether oxygens (including phenoxy) is 1. The van der Waals surface area contributed by atoms with E-state index in [2.05, 4.69) is 21.1 Å². The molecule has 1 aliphatic heterocycles. The molecule has 45 heavy (non-hydrogen) atoms. The molecule has 3 aromatic rings. The predicted octanol–water partition coefficient (Wildman–Crippen LogP) is 4.49. The number of carbonyl (C=O) groups is 4. The Kier molecular flexibility index (Phi) is 10.7. The van der Waals surface area contributed by atoms with Gasteiger partial charge in [0.1, 0.15) is 5.60 Å². The molecule has 1 atom stereocenters. The van der Waals surface area contributed by atoms with Crippen LogP contribution in [0.25, 0.3) is 10.8 Å². The Hall–Kier alpha value is -5.04. The number of nitrogens with zero attached hydrogens (tertiary/aromatic N) is 2. The summed E-state index contributed by atoms with van der Waals surface area (Å²) in [5.41, 5.74) is 6.91. The first-order valence-electron chi connectivity index (χ1n) is 15.1. The molecule has 3 N–H and O–H groups in total. The van der Waals surface area contributed by atoms with Crippen molar-refractivity contribution in [1.82, 2.24) is 21.1 Å². The summed E-state index contributed by atoms with van der Waals surface area (Å²) in [5.74, 6) is 0.418. The third-order valence-electron chi connectivity index (χ3n) is 7.55. The fraction of sp³-hybridized carbons (Fsp3) is 0.371.